The number of piperidine rings is 1. The lowest BCUT2D eigenvalue weighted by molar-refractivity contribution is -0.188. The van der Waals surface area contributed by atoms with E-state index in [2.05, 4.69) is 0 Å². The van der Waals surface area contributed by atoms with E-state index < -0.39 is 12.1 Å². The predicted octanol–water partition coefficient (Wildman–Crippen LogP) is 3.37. The van der Waals surface area contributed by atoms with E-state index in [0.717, 1.165) is 32.1 Å². The Morgan fingerprint density at radius 3 is 2.28 bits per heavy atom. The van der Waals surface area contributed by atoms with E-state index in [1.807, 2.05) is 0 Å². The lowest BCUT2D eigenvalue weighted by atomic mass is 9.87. The van der Waals surface area contributed by atoms with E-state index in [1.165, 1.54) is 4.90 Å². The van der Waals surface area contributed by atoms with E-state index in [1.54, 1.807) is 0 Å². The Morgan fingerprint density at radius 2 is 1.67 bits per heavy atom. The van der Waals surface area contributed by atoms with Crippen LogP contribution in [0.1, 0.15) is 44.9 Å². The number of nitrogens with zero attached hydrogens (tertiary/aromatic N) is 1. The van der Waals surface area contributed by atoms with Crippen LogP contribution in [0.5, 0.6) is 0 Å². The minimum Gasteiger partial charge on any atom is -0.342 e. The summed E-state index contributed by atoms with van der Waals surface area (Å²) >= 11 is 0. The number of likely N-dealkylation sites (tertiary alicyclic amines) is 1. The van der Waals surface area contributed by atoms with E-state index in [9.17, 15) is 18.0 Å². The van der Waals surface area contributed by atoms with E-state index in [-0.39, 0.29) is 24.8 Å². The third kappa shape index (κ3) is 3.18. The molecule has 0 aromatic rings. The van der Waals surface area contributed by atoms with Gasteiger partial charge >= 0.3 is 6.18 Å². The summed E-state index contributed by atoms with van der Waals surface area (Å²) in [6, 6.07) is 0. The van der Waals surface area contributed by atoms with Crippen LogP contribution in [0.4, 0.5) is 13.2 Å². The van der Waals surface area contributed by atoms with Crippen molar-refractivity contribution < 1.29 is 18.0 Å². The standard InChI is InChI=1S/C13H20F3NO/c14-13(15,16)11-7-4-8-17(9-11)12(18)10-5-2-1-3-6-10/h10-11H,1-9H2/t11-/m1/s1. The fourth-order valence-corrected chi connectivity index (χ4v) is 3.05. The van der Waals surface area contributed by atoms with Crippen LogP contribution in [0.2, 0.25) is 0 Å². The van der Waals surface area contributed by atoms with Crippen LogP contribution >= 0.6 is 0 Å². The summed E-state index contributed by atoms with van der Waals surface area (Å²) in [4.78, 5) is 13.6. The van der Waals surface area contributed by atoms with Gasteiger partial charge in [-0.3, -0.25) is 4.79 Å². The van der Waals surface area contributed by atoms with Crippen molar-refractivity contribution in [2.24, 2.45) is 11.8 Å². The molecule has 18 heavy (non-hydrogen) atoms. The van der Waals surface area contributed by atoms with Gasteiger partial charge in [-0.25, -0.2) is 0 Å². The first-order valence-corrected chi connectivity index (χ1v) is 6.84. The molecule has 0 aromatic heterocycles. The maximum atomic E-state index is 12.7. The number of hydrogen-bond donors (Lipinski definition) is 0. The van der Waals surface area contributed by atoms with E-state index in [0.29, 0.717) is 13.0 Å². The minimum atomic E-state index is -4.16. The summed E-state index contributed by atoms with van der Waals surface area (Å²) in [7, 11) is 0. The Balaban J connectivity index is 1.93. The van der Waals surface area contributed by atoms with Crippen molar-refractivity contribution in [1.29, 1.82) is 0 Å². The van der Waals surface area contributed by atoms with Gasteiger partial charge < -0.3 is 4.90 Å². The van der Waals surface area contributed by atoms with Gasteiger partial charge in [0, 0.05) is 19.0 Å². The molecule has 0 N–H and O–H groups in total. The second-order valence-electron chi connectivity index (χ2n) is 5.50. The van der Waals surface area contributed by atoms with Crippen LogP contribution in [-0.2, 0) is 4.79 Å². The fourth-order valence-electron chi connectivity index (χ4n) is 3.05. The van der Waals surface area contributed by atoms with Crippen molar-refractivity contribution in [1.82, 2.24) is 4.90 Å². The van der Waals surface area contributed by atoms with Gasteiger partial charge in [0.2, 0.25) is 5.91 Å². The lowest BCUT2D eigenvalue weighted by Crippen LogP contribution is -2.47. The van der Waals surface area contributed by atoms with Crippen molar-refractivity contribution in [3.8, 4) is 0 Å². The van der Waals surface area contributed by atoms with Crippen molar-refractivity contribution in [2.45, 2.75) is 51.1 Å². The normalized spacial score (nSPS) is 27.3. The average molecular weight is 263 g/mol. The molecule has 2 rings (SSSR count). The van der Waals surface area contributed by atoms with Gasteiger partial charge in [0.25, 0.3) is 0 Å². The molecule has 2 aliphatic rings. The molecule has 1 amide bonds. The fraction of sp³-hybridized carbons (Fsp3) is 0.923. The van der Waals surface area contributed by atoms with Gasteiger partial charge in [-0.05, 0) is 25.7 Å². The van der Waals surface area contributed by atoms with Gasteiger partial charge in [-0.2, -0.15) is 13.2 Å². The molecule has 1 aliphatic carbocycles. The summed E-state index contributed by atoms with van der Waals surface area (Å²) in [6.45, 7) is 0.376. The largest absolute Gasteiger partial charge is 0.393 e. The van der Waals surface area contributed by atoms with Crippen LogP contribution in [0.25, 0.3) is 0 Å². The third-order valence-corrected chi connectivity index (χ3v) is 4.15. The molecule has 5 heteroatoms. The number of amides is 1. The third-order valence-electron chi connectivity index (χ3n) is 4.15. The molecular formula is C13H20F3NO. The monoisotopic (exact) mass is 263 g/mol. The summed E-state index contributed by atoms with van der Waals surface area (Å²) in [6.07, 6.45) is 1.40. The smallest absolute Gasteiger partial charge is 0.342 e. The Labute approximate surface area is 106 Å². The molecule has 0 unspecified atom stereocenters. The number of halogens is 3. The van der Waals surface area contributed by atoms with Crippen LogP contribution in [0.3, 0.4) is 0 Å². The maximum absolute atomic E-state index is 12.7. The Hall–Kier alpha value is -0.740. The number of carbonyl (C=O) groups is 1. The Kier molecular flexibility index (Phi) is 4.17. The first kappa shape index (κ1) is 13.7. The van der Waals surface area contributed by atoms with Crippen LogP contribution < -0.4 is 0 Å². The van der Waals surface area contributed by atoms with Crippen LogP contribution in [0, 0.1) is 11.8 Å². The number of carbonyl (C=O) groups excluding carboxylic acids is 1. The van der Waals surface area contributed by atoms with Crippen molar-refractivity contribution >= 4 is 5.91 Å². The van der Waals surface area contributed by atoms with Gasteiger partial charge in [0.05, 0.1) is 5.92 Å². The minimum absolute atomic E-state index is 0.0225. The molecule has 0 radical (unpaired) electrons. The molecular weight excluding hydrogens is 243 g/mol. The SMILES string of the molecule is O=C(C1CCCCC1)N1CCC[C@@H](C(F)(F)F)C1. The zero-order valence-corrected chi connectivity index (χ0v) is 10.5. The summed E-state index contributed by atoms with van der Waals surface area (Å²) in [5.74, 6) is -1.38. The molecule has 1 aliphatic heterocycles. The second kappa shape index (κ2) is 5.49. The molecule has 0 aromatic carbocycles. The van der Waals surface area contributed by atoms with Gasteiger partial charge in [-0.15, -0.1) is 0 Å². The number of alkyl halides is 3. The highest BCUT2D eigenvalue weighted by molar-refractivity contribution is 5.79. The quantitative estimate of drug-likeness (QED) is 0.710. The molecule has 0 bridgehead atoms. The van der Waals surface area contributed by atoms with E-state index in [4.69, 9.17) is 0 Å². The van der Waals surface area contributed by atoms with Crippen LogP contribution in [0.15, 0.2) is 0 Å². The van der Waals surface area contributed by atoms with Gasteiger partial charge in [0.1, 0.15) is 0 Å². The summed E-state index contributed by atoms with van der Waals surface area (Å²) < 4.78 is 38.0. The molecule has 0 spiro atoms. The number of rotatable bonds is 1. The summed E-state index contributed by atoms with van der Waals surface area (Å²) in [5.41, 5.74) is 0. The zero-order chi connectivity index (χ0) is 13.2. The highest BCUT2D eigenvalue weighted by atomic mass is 19.4. The first-order valence-electron chi connectivity index (χ1n) is 6.84. The highest BCUT2D eigenvalue weighted by Crippen LogP contribution is 2.34. The van der Waals surface area contributed by atoms with Crippen LogP contribution in [-0.4, -0.2) is 30.1 Å². The van der Waals surface area contributed by atoms with Gasteiger partial charge in [0.15, 0.2) is 0 Å². The van der Waals surface area contributed by atoms with Gasteiger partial charge in [-0.1, -0.05) is 19.3 Å². The molecule has 2 fully saturated rings. The molecule has 1 saturated carbocycles. The maximum Gasteiger partial charge on any atom is 0.393 e. The molecule has 1 atom stereocenters. The second-order valence-corrected chi connectivity index (χ2v) is 5.50. The van der Waals surface area contributed by atoms with E-state index >= 15 is 0 Å². The van der Waals surface area contributed by atoms with Crippen molar-refractivity contribution in [2.75, 3.05) is 13.1 Å². The van der Waals surface area contributed by atoms with Crippen molar-refractivity contribution in [3.63, 3.8) is 0 Å². The Bertz CT molecular complexity index is 297. The first-order chi connectivity index (χ1) is 8.48. The molecule has 1 heterocycles. The zero-order valence-electron chi connectivity index (χ0n) is 10.5. The topological polar surface area (TPSA) is 20.3 Å². The predicted molar refractivity (Wildman–Crippen MR) is 61.9 cm³/mol. The number of hydrogen-bond acceptors (Lipinski definition) is 1. The molecule has 1 saturated heterocycles. The molecule has 2 nitrogen and oxygen atoms in total. The highest BCUT2D eigenvalue weighted by Gasteiger charge is 2.43. The van der Waals surface area contributed by atoms with Crippen molar-refractivity contribution in [3.05, 3.63) is 0 Å². The Morgan fingerprint density at radius 1 is 1.00 bits per heavy atom. The molecule has 104 valence electrons. The lowest BCUT2D eigenvalue weighted by Gasteiger charge is -2.36. The average Bonchev–Trinajstić information content (AvgIpc) is 2.38. The summed E-state index contributed by atoms with van der Waals surface area (Å²) in [5, 5.41) is 0.